The molecule has 3 N–H and O–H groups in total. The van der Waals surface area contributed by atoms with Gasteiger partial charge >= 0.3 is 0 Å². The van der Waals surface area contributed by atoms with E-state index in [1.54, 1.807) is 24.3 Å². The Bertz CT molecular complexity index is 708. The van der Waals surface area contributed by atoms with Gasteiger partial charge in [-0.25, -0.2) is 0 Å². The van der Waals surface area contributed by atoms with Crippen LogP contribution in [0, 0.1) is 0 Å². The largest absolute Gasteiger partial charge is 0.451 e. The molecule has 0 radical (unpaired) electrons. The van der Waals surface area contributed by atoms with Crippen LogP contribution in [0.1, 0.15) is 29.8 Å². The van der Waals surface area contributed by atoms with Crippen LogP contribution in [-0.2, 0) is 0 Å². The minimum Gasteiger partial charge on any atom is -0.451 e. The second-order valence-electron chi connectivity index (χ2n) is 5.15. The lowest BCUT2D eigenvalue weighted by Gasteiger charge is -2.16. The highest BCUT2D eigenvalue weighted by Crippen LogP contribution is 2.18. The lowest BCUT2D eigenvalue weighted by atomic mass is 10.2. The maximum absolute atomic E-state index is 12.1. The van der Waals surface area contributed by atoms with E-state index < -0.39 is 0 Å². The average molecular weight is 272 g/mol. The van der Waals surface area contributed by atoms with Crippen molar-refractivity contribution >= 4 is 16.9 Å². The van der Waals surface area contributed by atoms with E-state index in [9.17, 15) is 9.59 Å². The molecule has 2 aromatic rings. The van der Waals surface area contributed by atoms with E-state index in [1.165, 1.54) is 6.07 Å². The zero-order valence-corrected chi connectivity index (χ0v) is 11.0. The van der Waals surface area contributed by atoms with Gasteiger partial charge in [-0.05, 0) is 31.4 Å². The predicted molar refractivity (Wildman–Crippen MR) is 75.6 cm³/mol. The van der Waals surface area contributed by atoms with Gasteiger partial charge in [-0.2, -0.15) is 0 Å². The molecular weight excluding hydrogens is 256 g/mol. The van der Waals surface area contributed by atoms with Crippen LogP contribution in [-0.4, -0.2) is 18.0 Å². The normalized spacial score (nSPS) is 22.1. The molecule has 1 fully saturated rings. The van der Waals surface area contributed by atoms with E-state index in [0.29, 0.717) is 11.0 Å². The molecule has 0 saturated heterocycles. The van der Waals surface area contributed by atoms with Crippen LogP contribution in [0.3, 0.4) is 0 Å². The molecule has 1 aromatic carbocycles. The monoisotopic (exact) mass is 272 g/mol. The summed E-state index contributed by atoms with van der Waals surface area (Å²) in [6.07, 6.45) is 2.78. The Morgan fingerprint density at radius 2 is 2.10 bits per heavy atom. The smallest absolute Gasteiger partial charge is 0.287 e. The van der Waals surface area contributed by atoms with Crippen molar-refractivity contribution in [2.75, 3.05) is 0 Å². The molecule has 104 valence electrons. The molecule has 1 saturated carbocycles. The van der Waals surface area contributed by atoms with Crippen molar-refractivity contribution < 1.29 is 9.21 Å². The molecule has 1 aromatic heterocycles. The van der Waals surface area contributed by atoms with Gasteiger partial charge in [-0.3, -0.25) is 9.59 Å². The Morgan fingerprint density at radius 1 is 1.30 bits per heavy atom. The van der Waals surface area contributed by atoms with Crippen molar-refractivity contribution in [1.29, 1.82) is 0 Å². The quantitative estimate of drug-likeness (QED) is 0.865. The van der Waals surface area contributed by atoms with Gasteiger partial charge in [0.1, 0.15) is 5.58 Å². The van der Waals surface area contributed by atoms with Gasteiger partial charge in [0.25, 0.3) is 5.91 Å². The van der Waals surface area contributed by atoms with Crippen LogP contribution in [0.15, 0.2) is 39.5 Å². The summed E-state index contributed by atoms with van der Waals surface area (Å²) in [5, 5.41) is 3.31. The van der Waals surface area contributed by atoms with Crippen molar-refractivity contribution in [2.45, 2.75) is 31.3 Å². The van der Waals surface area contributed by atoms with Gasteiger partial charge in [-0.15, -0.1) is 0 Å². The lowest BCUT2D eigenvalue weighted by molar-refractivity contribution is 0.0907. The third kappa shape index (κ3) is 2.32. The number of amides is 1. The average Bonchev–Trinajstić information content (AvgIpc) is 2.84. The number of hydrogen-bond acceptors (Lipinski definition) is 4. The van der Waals surface area contributed by atoms with Crippen LogP contribution in [0.25, 0.3) is 11.0 Å². The second-order valence-corrected chi connectivity index (χ2v) is 5.15. The summed E-state index contributed by atoms with van der Waals surface area (Å²) in [4.78, 5) is 24.1. The highest BCUT2D eigenvalue weighted by atomic mass is 16.3. The van der Waals surface area contributed by atoms with E-state index in [4.69, 9.17) is 10.2 Å². The SMILES string of the molecule is NC1CCCC1NC(=O)c1cc(=O)c2ccccc2o1. The Morgan fingerprint density at radius 3 is 2.85 bits per heavy atom. The van der Waals surface area contributed by atoms with Gasteiger partial charge in [0.2, 0.25) is 0 Å². The van der Waals surface area contributed by atoms with Gasteiger partial charge in [0, 0.05) is 18.2 Å². The number of carbonyl (C=O) groups excluding carboxylic acids is 1. The van der Waals surface area contributed by atoms with Gasteiger partial charge in [0.05, 0.1) is 5.39 Å². The zero-order chi connectivity index (χ0) is 14.1. The van der Waals surface area contributed by atoms with Crippen molar-refractivity contribution in [2.24, 2.45) is 5.73 Å². The number of carbonyl (C=O) groups is 1. The molecule has 1 aliphatic carbocycles. The Labute approximate surface area is 115 Å². The molecule has 1 heterocycles. The van der Waals surface area contributed by atoms with Crippen LogP contribution in [0.2, 0.25) is 0 Å². The topological polar surface area (TPSA) is 85.3 Å². The lowest BCUT2D eigenvalue weighted by Crippen LogP contribution is -2.44. The number of hydrogen-bond donors (Lipinski definition) is 2. The third-order valence-electron chi connectivity index (χ3n) is 3.74. The summed E-state index contributed by atoms with van der Waals surface area (Å²) >= 11 is 0. The molecule has 0 aliphatic heterocycles. The second kappa shape index (κ2) is 5.09. The summed E-state index contributed by atoms with van der Waals surface area (Å²) in [7, 11) is 0. The highest BCUT2D eigenvalue weighted by molar-refractivity contribution is 5.93. The van der Waals surface area contributed by atoms with Crippen molar-refractivity contribution in [3.8, 4) is 0 Å². The maximum Gasteiger partial charge on any atom is 0.287 e. The van der Waals surface area contributed by atoms with Crippen LogP contribution in [0.5, 0.6) is 0 Å². The summed E-state index contributed by atoms with van der Waals surface area (Å²) in [6, 6.07) is 8.05. The van der Waals surface area contributed by atoms with Gasteiger partial charge in [0.15, 0.2) is 11.2 Å². The fourth-order valence-corrected chi connectivity index (χ4v) is 2.62. The molecule has 1 aliphatic rings. The molecule has 0 spiro atoms. The highest BCUT2D eigenvalue weighted by Gasteiger charge is 2.26. The van der Waals surface area contributed by atoms with E-state index in [0.717, 1.165) is 19.3 Å². The molecular formula is C15H16N2O3. The molecule has 2 atom stereocenters. The minimum atomic E-state index is -0.379. The Hall–Kier alpha value is -2.14. The Balaban J connectivity index is 1.90. The molecule has 1 amide bonds. The van der Waals surface area contributed by atoms with Crippen LogP contribution in [0.4, 0.5) is 0 Å². The molecule has 5 heteroatoms. The maximum atomic E-state index is 12.1. The van der Waals surface area contributed by atoms with Crippen molar-refractivity contribution in [3.63, 3.8) is 0 Å². The van der Waals surface area contributed by atoms with E-state index in [1.807, 2.05) is 0 Å². The first-order valence-electron chi connectivity index (χ1n) is 6.74. The predicted octanol–water partition coefficient (Wildman–Crippen LogP) is 1.40. The third-order valence-corrected chi connectivity index (χ3v) is 3.74. The molecule has 5 nitrogen and oxygen atoms in total. The first kappa shape index (κ1) is 12.9. The first-order chi connectivity index (χ1) is 9.65. The number of benzene rings is 1. The fraction of sp³-hybridized carbons (Fsp3) is 0.333. The van der Waals surface area contributed by atoms with Crippen molar-refractivity contribution in [3.05, 3.63) is 46.3 Å². The summed E-state index contributed by atoms with van der Waals surface area (Å²) in [6.45, 7) is 0. The zero-order valence-electron chi connectivity index (χ0n) is 11.0. The number of fused-ring (bicyclic) bond motifs is 1. The summed E-state index contributed by atoms with van der Waals surface area (Å²) < 4.78 is 5.50. The Kier molecular flexibility index (Phi) is 3.28. The standard InChI is InChI=1S/C15H16N2O3/c16-10-5-3-6-11(10)17-15(19)14-8-12(18)9-4-1-2-7-13(9)20-14/h1-2,4,7-8,10-11H,3,5-6,16H2,(H,17,19). The fourth-order valence-electron chi connectivity index (χ4n) is 2.62. The van der Waals surface area contributed by atoms with Crippen molar-refractivity contribution in [1.82, 2.24) is 5.32 Å². The number of rotatable bonds is 2. The summed E-state index contributed by atoms with van der Waals surface area (Å²) in [5.74, 6) is -0.344. The van der Waals surface area contributed by atoms with E-state index in [2.05, 4.69) is 5.32 Å². The molecule has 20 heavy (non-hydrogen) atoms. The van der Waals surface area contributed by atoms with Crippen LogP contribution < -0.4 is 16.5 Å². The van der Waals surface area contributed by atoms with E-state index >= 15 is 0 Å². The minimum absolute atomic E-state index is 0.0221. The molecule has 3 rings (SSSR count). The van der Waals surface area contributed by atoms with Gasteiger partial charge in [-0.1, -0.05) is 12.1 Å². The molecule has 2 unspecified atom stereocenters. The van der Waals surface area contributed by atoms with Crippen LogP contribution >= 0.6 is 0 Å². The van der Waals surface area contributed by atoms with Gasteiger partial charge < -0.3 is 15.5 Å². The number of nitrogens with one attached hydrogen (secondary N) is 1. The van der Waals surface area contributed by atoms with E-state index in [-0.39, 0.29) is 29.2 Å². The first-order valence-corrected chi connectivity index (χ1v) is 6.74. The number of para-hydroxylation sites is 1. The summed E-state index contributed by atoms with van der Waals surface area (Å²) in [5.41, 5.74) is 6.12. The molecule has 0 bridgehead atoms. The number of nitrogens with two attached hydrogens (primary N) is 1.